The van der Waals surface area contributed by atoms with Crippen molar-refractivity contribution in [1.29, 1.82) is 0 Å². The standard InChI is InChI=1S/C17H15NO3/c1-21-16-11-5-4-10-15(16)18-17(20)14-9-3-2-7-13(14)8-6-12-19/h2-5,7,9-11,19H,12H2,1H3,(H,18,20). The number of carbonyl (C=O) groups is 1. The maximum atomic E-state index is 12.4. The van der Waals surface area contributed by atoms with E-state index in [9.17, 15) is 4.79 Å². The Hall–Kier alpha value is -2.77. The minimum absolute atomic E-state index is 0.248. The Labute approximate surface area is 123 Å². The average Bonchev–Trinajstić information content (AvgIpc) is 2.53. The third-order valence-corrected chi connectivity index (χ3v) is 2.83. The smallest absolute Gasteiger partial charge is 0.257 e. The van der Waals surface area contributed by atoms with Crippen LogP contribution in [0.4, 0.5) is 5.69 Å². The molecule has 0 spiro atoms. The van der Waals surface area contributed by atoms with Gasteiger partial charge in [-0.15, -0.1) is 0 Å². The van der Waals surface area contributed by atoms with Crippen LogP contribution >= 0.6 is 0 Å². The van der Waals surface area contributed by atoms with Crippen LogP contribution in [0, 0.1) is 11.8 Å². The van der Waals surface area contributed by atoms with Gasteiger partial charge in [0, 0.05) is 5.56 Å². The number of methoxy groups -OCH3 is 1. The van der Waals surface area contributed by atoms with Gasteiger partial charge in [0.2, 0.25) is 0 Å². The number of hydrogen-bond donors (Lipinski definition) is 2. The number of rotatable bonds is 3. The topological polar surface area (TPSA) is 58.6 Å². The molecular weight excluding hydrogens is 266 g/mol. The number of amides is 1. The van der Waals surface area contributed by atoms with Crippen LogP contribution < -0.4 is 10.1 Å². The second-order valence-corrected chi connectivity index (χ2v) is 4.16. The molecule has 0 saturated heterocycles. The SMILES string of the molecule is COc1ccccc1NC(=O)c1ccccc1C#CCO. The van der Waals surface area contributed by atoms with Crippen molar-refractivity contribution < 1.29 is 14.6 Å². The van der Waals surface area contributed by atoms with Crippen molar-refractivity contribution in [2.75, 3.05) is 19.0 Å². The number of para-hydroxylation sites is 2. The first kappa shape index (κ1) is 14.6. The number of carbonyl (C=O) groups excluding carboxylic acids is 1. The summed E-state index contributed by atoms with van der Waals surface area (Å²) in [7, 11) is 1.55. The lowest BCUT2D eigenvalue weighted by Crippen LogP contribution is -2.14. The van der Waals surface area contributed by atoms with Gasteiger partial charge in [-0.2, -0.15) is 0 Å². The molecule has 4 nitrogen and oxygen atoms in total. The highest BCUT2D eigenvalue weighted by molar-refractivity contribution is 6.06. The average molecular weight is 281 g/mol. The van der Waals surface area contributed by atoms with E-state index in [1.807, 2.05) is 12.1 Å². The maximum absolute atomic E-state index is 12.4. The molecule has 0 aliphatic heterocycles. The van der Waals surface area contributed by atoms with E-state index in [0.717, 1.165) is 0 Å². The molecule has 2 aromatic rings. The molecular formula is C17H15NO3. The summed E-state index contributed by atoms with van der Waals surface area (Å²) in [5, 5.41) is 11.6. The molecule has 21 heavy (non-hydrogen) atoms. The summed E-state index contributed by atoms with van der Waals surface area (Å²) < 4.78 is 5.20. The molecule has 0 aliphatic rings. The van der Waals surface area contributed by atoms with Gasteiger partial charge in [0.25, 0.3) is 5.91 Å². The van der Waals surface area contributed by atoms with Gasteiger partial charge < -0.3 is 15.2 Å². The molecule has 2 rings (SSSR count). The third kappa shape index (κ3) is 3.62. The van der Waals surface area contributed by atoms with E-state index in [-0.39, 0.29) is 12.5 Å². The molecule has 106 valence electrons. The molecule has 0 atom stereocenters. The minimum Gasteiger partial charge on any atom is -0.495 e. The highest BCUT2D eigenvalue weighted by atomic mass is 16.5. The number of anilines is 1. The van der Waals surface area contributed by atoms with Crippen LogP contribution in [0.25, 0.3) is 0 Å². The Balaban J connectivity index is 2.29. The Bertz CT molecular complexity index is 698. The summed E-state index contributed by atoms with van der Waals surface area (Å²) in [5.74, 6) is 5.63. The zero-order valence-corrected chi connectivity index (χ0v) is 11.6. The monoisotopic (exact) mass is 281 g/mol. The molecule has 1 amide bonds. The Kier molecular flexibility index (Phi) is 4.97. The van der Waals surface area contributed by atoms with Crippen molar-refractivity contribution in [3.63, 3.8) is 0 Å². The molecule has 0 unspecified atom stereocenters. The van der Waals surface area contributed by atoms with Gasteiger partial charge in [0.15, 0.2) is 0 Å². The molecule has 0 radical (unpaired) electrons. The Morgan fingerprint density at radius 3 is 2.67 bits per heavy atom. The summed E-state index contributed by atoms with van der Waals surface area (Å²) in [4.78, 5) is 12.4. The summed E-state index contributed by atoms with van der Waals surface area (Å²) >= 11 is 0. The van der Waals surface area contributed by atoms with Gasteiger partial charge in [0.1, 0.15) is 12.4 Å². The van der Waals surface area contributed by atoms with Crippen LogP contribution in [0.15, 0.2) is 48.5 Å². The van der Waals surface area contributed by atoms with Crippen molar-refractivity contribution in [3.05, 3.63) is 59.7 Å². The number of aliphatic hydroxyl groups excluding tert-OH is 1. The van der Waals surface area contributed by atoms with E-state index in [4.69, 9.17) is 9.84 Å². The Morgan fingerprint density at radius 1 is 1.19 bits per heavy atom. The van der Waals surface area contributed by atoms with Crippen molar-refractivity contribution in [2.45, 2.75) is 0 Å². The van der Waals surface area contributed by atoms with Gasteiger partial charge in [-0.25, -0.2) is 0 Å². The largest absolute Gasteiger partial charge is 0.495 e. The fourth-order valence-electron chi connectivity index (χ4n) is 1.86. The second-order valence-electron chi connectivity index (χ2n) is 4.16. The maximum Gasteiger partial charge on any atom is 0.257 e. The number of ether oxygens (including phenoxy) is 1. The van der Waals surface area contributed by atoms with E-state index < -0.39 is 0 Å². The number of aliphatic hydroxyl groups is 1. The normalized spacial score (nSPS) is 9.43. The van der Waals surface area contributed by atoms with Gasteiger partial charge in [-0.3, -0.25) is 4.79 Å². The van der Waals surface area contributed by atoms with E-state index in [1.54, 1.807) is 43.5 Å². The van der Waals surface area contributed by atoms with Gasteiger partial charge >= 0.3 is 0 Å². The third-order valence-electron chi connectivity index (χ3n) is 2.83. The van der Waals surface area contributed by atoms with Crippen molar-refractivity contribution >= 4 is 11.6 Å². The number of benzene rings is 2. The fourth-order valence-corrected chi connectivity index (χ4v) is 1.86. The van der Waals surface area contributed by atoms with Gasteiger partial charge in [-0.05, 0) is 24.3 Å². The molecule has 2 N–H and O–H groups in total. The van der Waals surface area contributed by atoms with Gasteiger partial charge in [-0.1, -0.05) is 36.1 Å². The highest BCUT2D eigenvalue weighted by Crippen LogP contribution is 2.24. The predicted molar refractivity (Wildman–Crippen MR) is 81.4 cm³/mol. The summed E-state index contributed by atoms with van der Waals surface area (Å²) in [6.07, 6.45) is 0. The molecule has 0 saturated carbocycles. The van der Waals surface area contributed by atoms with E-state index >= 15 is 0 Å². The summed E-state index contributed by atoms with van der Waals surface area (Å²) in [6, 6.07) is 14.2. The molecule has 0 heterocycles. The number of hydrogen-bond acceptors (Lipinski definition) is 3. The highest BCUT2D eigenvalue weighted by Gasteiger charge is 2.12. The van der Waals surface area contributed by atoms with Gasteiger partial charge in [0.05, 0.1) is 18.4 Å². The lowest BCUT2D eigenvalue weighted by molar-refractivity contribution is 0.102. The van der Waals surface area contributed by atoms with E-state index in [2.05, 4.69) is 17.2 Å². The first-order chi connectivity index (χ1) is 10.3. The zero-order valence-electron chi connectivity index (χ0n) is 11.6. The molecule has 4 heteroatoms. The second kappa shape index (κ2) is 7.13. The first-order valence-electron chi connectivity index (χ1n) is 6.39. The molecule has 2 aromatic carbocycles. The number of nitrogens with one attached hydrogen (secondary N) is 1. The van der Waals surface area contributed by atoms with Crippen LogP contribution in [-0.4, -0.2) is 24.7 Å². The van der Waals surface area contributed by atoms with Crippen molar-refractivity contribution in [1.82, 2.24) is 0 Å². The molecule has 0 bridgehead atoms. The minimum atomic E-state index is -0.276. The van der Waals surface area contributed by atoms with E-state index in [1.165, 1.54) is 0 Å². The Morgan fingerprint density at radius 2 is 1.90 bits per heavy atom. The summed E-state index contributed by atoms with van der Waals surface area (Å²) in [6.45, 7) is -0.248. The quantitative estimate of drug-likeness (QED) is 0.849. The summed E-state index contributed by atoms with van der Waals surface area (Å²) in [5.41, 5.74) is 1.61. The molecule has 0 fully saturated rings. The van der Waals surface area contributed by atoms with Crippen molar-refractivity contribution in [2.24, 2.45) is 0 Å². The molecule has 0 aliphatic carbocycles. The lowest BCUT2D eigenvalue weighted by Gasteiger charge is -2.10. The lowest BCUT2D eigenvalue weighted by atomic mass is 10.1. The van der Waals surface area contributed by atoms with Crippen LogP contribution in [0.5, 0.6) is 5.75 Å². The van der Waals surface area contributed by atoms with Crippen LogP contribution in [0.1, 0.15) is 15.9 Å². The fraction of sp³-hybridized carbons (Fsp3) is 0.118. The molecule has 0 aromatic heterocycles. The predicted octanol–water partition coefficient (Wildman–Crippen LogP) is 2.29. The van der Waals surface area contributed by atoms with E-state index in [0.29, 0.717) is 22.6 Å². The van der Waals surface area contributed by atoms with Crippen LogP contribution in [-0.2, 0) is 0 Å². The van der Waals surface area contributed by atoms with Crippen LogP contribution in [0.2, 0.25) is 0 Å². The first-order valence-corrected chi connectivity index (χ1v) is 6.39. The zero-order chi connectivity index (χ0) is 15.1. The van der Waals surface area contributed by atoms with Crippen LogP contribution in [0.3, 0.4) is 0 Å². The van der Waals surface area contributed by atoms with Crippen molar-refractivity contribution in [3.8, 4) is 17.6 Å².